The van der Waals surface area contributed by atoms with E-state index in [9.17, 15) is 19.2 Å². The number of carbonyl (C=O) groups is 4. The van der Waals surface area contributed by atoms with Crippen molar-refractivity contribution in [2.45, 2.75) is 0 Å². The fraction of sp³-hybridized carbons (Fsp3) is 0.111. The van der Waals surface area contributed by atoms with Crippen LogP contribution in [0.5, 0.6) is 0 Å². The van der Waals surface area contributed by atoms with Crippen LogP contribution in [-0.4, -0.2) is 41.7 Å². The molecule has 0 fully saturated rings. The zero-order chi connectivity index (χ0) is 23.0. The fourth-order valence-corrected chi connectivity index (χ4v) is 4.11. The summed E-state index contributed by atoms with van der Waals surface area (Å²) in [5, 5.41) is 2.06. The molecule has 3 rings (SSSR count). The third-order valence-electron chi connectivity index (χ3n) is 4.04. The lowest BCUT2D eigenvalue weighted by Gasteiger charge is -2.13. The number of fused-ring (bicyclic) bond motifs is 1. The maximum atomic E-state index is 12.6. The van der Waals surface area contributed by atoms with Gasteiger partial charge in [0.05, 0.1) is 41.9 Å². The molecule has 1 N–H and O–H groups in total. The molecule has 7 nitrogen and oxygen atoms in total. The number of hydrogen-bond donors (Lipinski definition) is 1. The predicted octanol–water partition coefficient (Wildman–Crippen LogP) is 5.38. The van der Waals surface area contributed by atoms with Crippen LogP contribution in [0.2, 0.25) is 30.1 Å². The van der Waals surface area contributed by atoms with Crippen molar-refractivity contribution in [3.63, 3.8) is 0 Å². The van der Waals surface area contributed by atoms with Crippen LogP contribution >= 0.6 is 69.6 Å². The average molecular weight is 545 g/mol. The number of benzene rings is 2. The van der Waals surface area contributed by atoms with E-state index in [0.29, 0.717) is 9.92 Å². The van der Waals surface area contributed by atoms with Crippen molar-refractivity contribution in [3.05, 3.63) is 59.5 Å². The number of rotatable bonds is 5. The normalized spacial score (nSPS) is 12.8. The summed E-state index contributed by atoms with van der Waals surface area (Å²) in [4.78, 5) is 49.8. The van der Waals surface area contributed by atoms with Gasteiger partial charge in [-0.15, -0.1) is 0 Å². The van der Waals surface area contributed by atoms with Crippen molar-refractivity contribution in [1.82, 2.24) is 4.90 Å². The summed E-state index contributed by atoms with van der Waals surface area (Å²) in [5.74, 6) is -3.54. The van der Waals surface area contributed by atoms with Crippen LogP contribution < -0.4 is 5.32 Å². The van der Waals surface area contributed by atoms with Gasteiger partial charge in [0.2, 0.25) is 0 Å². The molecule has 162 valence electrons. The van der Waals surface area contributed by atoms with E-state index in [1.165, 1.54) is 18.2 Å². The molecule has 1 aliphatic rings. The fourth-order valence-electron chi connectivity index (χ4n) is 2.64. The van der Waals surface area contributed by atoms with Crippen LogP contribution in [0.15, 0.2) is 18.2 Å². The number of carbonyl (C=O) groups excluding carboxylic acids is 4. The lowest BCUT2D eigenvalue weighted by Crippen LogP contribution is -2.36. The van der Waals surface area contributed by atoms with Gasteiger partial charge in [-0.2, -0.15) is 0 Å². The number of anilines is 1. The number of nitrogens with zero attached hydrogens (tertiary/aromatic N) is 1. The number of hydrogen-bond acceptors (Lipinski definition) is 5. The van der Waals surface area contributed by atoms with E-state index in [1.807, 2.05) is 0 Å². The highest BCUT2D eigenvalue weighted by Gasteiger charge is 2.42. The molecule has 0 atom stereocenters. The molecule has 0 aromatic heterocycles. The zero-order valence-corrected chi connectivity index (χ0v) is 19.4. The van der Waals surface area contributed by atoms with Crippen molar-refractivity contribution in [2.75, 3.05) is 18.5 Å². The molecule has 1 heterocycles. The van der Waals surface area contributed by atoms with Crippen LogP contribution in [0, 0.1) is 0 Å². The summed E-state index contributed by atoms with van der Waals surface area (Å²) in [5.41, 5.74) is -0.284. The van der Waals surface area contributed by atoms with Gasteiger partial charge < -0.3 is 10.1 Å². The molecule has 13 heteroatoms. The first-order valence-electron chi connectivity index (χ1n) is 8.15. The highest BCUT2D eigenvalue weighted by molar-refractivity contribution is 6.55. The van der Waals surface area contributed by atoms with Gasteiger partial charge in [0.15, 0.2) is 6.61 Å². The van der Waals surface area contributed by atoms with Gasteiger partial charge in [0.1, 0.15) is 6.54 Å². The number of amides is 3. The summed E-state index contributed by atoms with van der Waals surface area (Å²) < 4.78 is 4.82. The van der Waals surface area contributed by atoms with Crippen molar-refractivity contribution < 1.29 is 23.9 Å². The molecule has 0 spiro atoms. The Kier molecular flexibility index (Phi) is 7.25. The maximum Gasteiger partial charge on any atom is 0.326 e. The minimum atomic E-state index is -1.03. The topological polar surface area (TPSA) is 92.8 Å². The molecule has 0 bridgehead atoms. The third-order valence-corrected chi connectivity index (χ3v) is 6.39. The van der Waals surface area contributed by atoms with Gasteiger partial charge in [-0.1, -0.05) is 69.6 Å². The third kappa shape index (κ3) is 4.72. The van der Waals surface area contributed by atoms with E-state index in [0.717, 1.165) is 0 Å². The van der Waals surface area contributed by atoms with Gasteiger partial charge in [-0.3, -0.25) is 24.1 Å². The predicted molar refractivity (Wildman–Crippen MR) is 118 cm³/mol. The van der Waals surface area contributed by atoms with E-state index in [1.54, 1.807) is 0 Å². The lowest BCUT2D eigenvalue weighted by atomic mass is 10.1. The first-order valence-corrected chi connectivity index (χ1v) is 10.4. The van der Waals surface area contributed by atoms with Crippen molar-refractivity contribution in [3.8, 4) is 0 Å². The van der Waals surface area contributed by atoms with Crippen molar-refractivity contribution in [1.29, 1.82) is 0 Å². The number of imide groups is 1. The second-order valence-electron chi connectivity index (χ2n) is 6.04. The first kappa shape index (κ1) is 23.9. The van der Waals surface area contributed by atoms with E-state index in [-0.39, 0.29) is 41.9 Å². The van der Waals surface area contributed by atoms with Crippen molar-refractivity contribution >= 4 is 99.0 Å². The van der Waals surface area contributed by atoms with Crippen LogP contribution in [0.3, 0.4) is 0 Å². The molecule has 0 saturated carbocycles. The van der Waals surface area contributed by atoms with Crippen LogP contribution in [0.1, 0.15) is 20.7 Å². The molecular weight excluding hydrogens is 537 g/mol. The van der Waals surface area contributed by atoms with Gasteiger partial charge in [-0.25, -0.2) is 0 Å². The first-order chi connectivity index (χ1) is 14.5. The Morgan fingerprint density at radius 2 is 1.42 bits per heavy atom. The molecule has 0 aliphatic carbocycles. The summed E-state index contributed by atoms with van der Waals surface area (Å²) in [6, 6.07) is 4.39. The minimum Gasteiger partial charge on any atom is -0.454 e. The quantitative estimate of drug-likeness (QED) is 0.236. The second-order valence-corrected chi connectivity index (χ2v) is 8.39. The Bertz CT molecular complexity index is 1110. The van der Waals surface area contributed by atoms with Crippen LogP contribution in [0.4, 0.5) is 5.69 Å². The smallest absolute Gasteiger partial charge is 0.326 e. The molecule has 2 aromatic rings. The summed E-state index contributed by atoms with van der Waals surface area (Å²) >= 11 is 35.6. The summed E-state index contributed by atoms with van der Waals surface area (Å²) in [6.45, 7) is -1.48. The zero-order valence-electron chi connectivity index (χ0n) is 14.9. The largest absolute Gasteiger partial charge is 0.454 e. The molecule has 31 heavy (non-hydrogen) atoms. The Labute approximate surface area is 205 Å². The van der Waals surface area contributed by atoms with Gasteiger partial charge >= 0.3 is 5.97 Å². The summed E-state index contributed by atoms with van der Waals surface area (Å²) in [7, 11) is 0. The van der Waals surface area contributed by atoms with Gasteiger partial charge in [0.25, 0.3) is 17.7 Å². The summed E-state index contributed by atoms with van der Waals surface area (Å²) in [6.07, 6.45) is 0. The minimum absolute atomic E-state index is 0.185. The Morgan fingerprint density at radius 3 is 1.94 bits per heavy atom. The number of esters is 1. The van der Waals surface area contributed by atoms with Gasteiger partial charge in [0, 0.05) is 5.02 Å². The van der Waals surface area contributed by atoms with Crippen LogP contribution in [-0.2, 0) is 14.3 Å². The SMILES string of the molecule is O=C(COC(=O)CN1C(=O)c2c(Cl)c(Cl)c(Cl)c(Cl)c2C1=O)Nc1ccc(Cl)cc1Cl. The molecule has 0 saturated heterocycles. The van der Waals surface area contributed by atoms with Gasteiger partial charge in [-0.05, 0) is 18.2 Å². The molecule has 3 amide bonds. The highest BCUT2D eigenvalue weighted by atomic mass is 35.5. The number of halogens is 6. The Hall–Kier alpha value is -1.74. The van der Waals surface area contributed by atoms with E-state index < -0.39 is 36.8 Å². The van der Waals surface area contributed by atoms with E-state index >= 15 is 0 Å². The molecular formula is C18H8Cl6N2O5. The van der Waals surface area contributed by atoms with Crippen LogP contribution in [0.25, 0.3) is 0 Å². The van der Waals surface area contributed by atoms with Crippen molar-refractivity contribution in [2.24, 2.45) is 0 Å². The van der Waals surface area contributed by atoms with E-state index in [4.69, 9.17) is 74.3 Å². The average Bonchev–Trinajstić information content (AvgIpc) is 2.96. The highest BCUT2D eigenvalue weighted by Crippen LogP contribution is 2.44. The molecule has 0 radical (unpaired) electrons. The number of nitrogens with one attached hydrogen (secondary N) is 1. The number of ether oxygens (including phenoxy) is 1. The second kappa shape index (κ2) is 9.40. The Balaban J connectivity index is 1.65. The maximum absolute atomic E-state index is 12.6. The molecule has 2 aromatic carbocycles. The van der Waals surface area contributed by atoms with E-state index in [2.05, 4.69) is 5.32 Å². The molecule has 1 aliphatic heterocycles. The Morgan fingerprint density at radius 1 is 0.871 bits per heavy atom. The monoisotopic (exact) mass is 542 g/mol. The standard InChI is InChI=1S/C18H8Cl6N2O5/c19-6-1-2-8(7(20)3-6)25-9(27)5-31-10(28)4-26-17(29)11-12(18(26)30)14(22)16(24)15(23)13(11)21/h1-3H,4-5H2,(H,25,27). The lowest BCUT2D eigenvalue weighted by molar-refractivity contribution is -0.147. The molecule has 0 unspecified atom stereocenters.